The number of H-pyrrole nitrogens is 2. The van der Waals surface area contributed by atoms with Gasteiger partial charge in [-0.25, -0.2) is 0 Å². The first kappa shape index (κ1) is 73.2. The molecular formula is C65H85N17O13. The average molecular weight is 1310 g/mol. The number of aromatic nitrogens is 2. The van der Waals surface area contributed by atoms with E-state index in [1.54, 1.807) is 103 Å². The number of hydrogen-bond donors (Lipinski definition) is 18. The van der Waals surface area contributed by atoms with E-state index in [2.05, 4.69) is 73.7 Å². The van der Waals surface area contributed by atoms with Crippen LogP contribution in [-0.2, 0) is 78.4 Å². The standard InChI is InChI=1S/C65H85N17O13/c1-35(2)26-48(74-55(87)32-66)58(89)75-47(20-13-25-70-65(68)69-5)57(88)77-52(30-41-34-72-46-19-12-10-17-44(41)46)63(94)82-81-62(93)50(27-38-14-7-6-8-15-38)79-64(95)56(36(3)83)80-61(92)53(31-54(67)86)78-60(91)51(29-40-33-71-45-18-11-9-16-43(40)45)76-59(90)49(73-37(4)84)28-39-21-23-42(85)24-22-39/h6-12,14-19,21-24,33-36,47-53,56,71-72,83,85H,13,20,25-32,66H2,1-5H3,(H2,67,86)(H,73,84)(H,74,87)(H,75,89)(H,76,90)(H,77,88)(H,78,91)(H,79,95)(H,80,92)(H,81,93)(H,82,94)(H3,68,69,70). The number of primary amides is 1. The summed E-state index contributed by atoms with van der Waals surface area (Å²) < 4.78 is 0. The van der Waals surface area contributed by atoms with E-state index >= 15 is 0 Å². The van der Waals surface area contributed by atoms with Gasteiger partial charge in [-0.1, -0.05) is 92.7 Å². The lowest BCUT2D eigenvalue weighted by Crippen LogP contribution is -2.63. The van der Waals surface area contributed by atoms with Gasteiger partial charge in [0.2, 0.25) is 53.2 Å². The predicted octanol–water partition coefficient (Wildman–Crippen LogP) is -1.75. The van der Waals surface area contributed by atoms with Crippen LogP contribution in [0, 0.1) is 5.92 Å². The van der Waals surface area contributed by atoms with Crippen molar-refractivity contribution in [1.82, 2.24) is 68.7 Å². The molecule has 9 unspecified atom stereocenters. The van der Waals surface area contributed by atoms with Crippen LogP contribution in [0.5, 0.6) is 5.75 Å². The lowest BCUT2D eigenvalue weighted by molar-refractivity contribution is -0.137. The monoisotopic (exact) mass is 1310 g/mol. The number of rotatable bonds is 34. The second kappa shape index (κ2) is 35.8. The number of nitrogens with one attached hydrogen (secondary N) is 13. The molecule has 30 nitrogen and oxygen atoms in total. The molecule has 95 heavy (non-hydrogen) atoms. The predicted molar refractivity (Wildman–Crippen MR) is 352 cm³/mol. The maximum Gasteiger partial charge on any atom is 0.261 e. The average Bonchev–Trinajstić information content (AvgIpc) is 1.74. The molecular weight excluding hydrogens is 1230 g/mol. The molecule has 6 rings (SSSR count). The number of phenolic OH excluding ortho intramolecular Hbond substituents is 1. The molecule has 21 N–H and O–H groups in total. The number of nitrogens with two attached hydrogens (primary N) is 3. The Bertz CT molecular complexity index is 3690. The Balaban J connectivity index is 1.23. The third-order valence-corrected chi connectivity index (χ3v) is 15.3. The quantitative estimate of drug-likeness (QED) is 0.00922. The zero-order chi connectivity index (χ0) is 69.3. The number of carbonyl (C=O) groups is 11. The molecule has 30 heteroatoms. The first-order valence-electron chi connectivity index (χ1n) is 30.9. The van der Waals surface area contributed by atoms with E-state index in [0.29, 0.717) is 44.1 Å². The van der Waals surface area contributed by atoms with Crippen LogP contribution in [0.15, 0.2) is 121 Å². The minimum atomic E-state index is -1.91. The zero-order valence-corrected chi connectivity index (χ0v) is 53.4. The first-order valence-corrected chi connectivity index (χ1v) is 30.9. The van der Waals surface area contributed by atoms with Gasteiger partial charge in [-0.15, -0.1) is 0 Å². The number of aromatic hydroxyl groups is 1. The van der Waals surface area contributed by atoms with E-state index in [-0.39, 0.29) is 69.1 Å². The van der Waals surface area contributed by atoms with Crippen LogP contribution < -0.4 is 75.9 Å². The summed E-state index contributed by atoms with van der Waals surface area (Å²) in [6, 6.07) is 16.4. The van der Waals surface area contributed by atoms with Crippen molar-refractivity contribution in [2.45, 2.75) is 134 Å². The lowest BCUT2D eigenvalue weighted by atomic mass is 10.0. The Hall–Kier alpha value is -10.9. The van der Waals surface area contributed by atoms with E-state index in [1.165, 1.54) is 26.1 Å². The van der Waals surface area contributed by atoms with E-state index < -0.39 is 132 Å². The number of aliphatic hydroxyl groups excluding tert-OH is 1. The SMILES string of the molecule is CN=C(N)NCCCC(NC(=O)C(CC(C)C)NC(=O)CN)C(=O)NC(Cc1c[nH]c2ccccc12)C(=O)NNC(=O)C(Cc1ccccc1)NC(=O)C(NC(=O)C(CC(N)=O)NC(=O)C(Cc1c[nH]c2ccccc12)NC(=O)C(Cc1ccc(O)cc1)NC(C)=O)C(C)O. The van der Waals surface area contributed by atoms with E-state index in [0.717, 1.165) is 6.92 Å². The van der Waals surface area contributed by atoms with Gasteiger partial charge in [-0.2, -0.15) is 0 Å². The molecule has 0 saturated carbocycles. The molecule has 0 radical (unpaired) electrons. The number of fused-ring (bicyclic) bond motifs is 2. The number of nitrogens with zero attached hydrogens (tertiary/aromatic N) is 1. The van der Waals surface area contributed by atoms with Gasteiger partial charge < -0.3 is 85.2 Å². The van der Waals surface area contributed by atoms with E-state index in [1.807, 2.05) is 13.8 Å². The smallest absolute Gasteiger partial charge is 0.261 e. The van der Waals surface area contributed by atoms with Crippen LogP contribution in [-0.4, -0.2) is 166 Å². The van der Waals surface area contributed by atoms with Crippen molar-refractivity contribution in [2.24, 2.45) is 28.1 Å². The summed E-state index contributed by atoms with van der Waals surface area (Å²) in [6.45, 7) is 5.83. The number of para-hydroxylation sites is 2. The Morgan fingerprint density at radius 2 is 0.968 bits per heavy atom. The first-order chi connectivity index (χ1) is 45.3. The lowest BCUT2D eigenvalue weighted by Gasteiger charge is -2.28. The summed E-state index contributed by atoms with van der Waals surface area (Å²) in [5, 5.41) is 45.9. The van der Waals surface area contributed by atoms with Gasteiger partial charge in [0.1, 0.15) is 54.1 Å². The molecule has 0 fully saturated rings. The second-order valence-electron chi connectivity index (χ2n) is 23.3. The van der Waals surface area contributed by atoms with Crippen LogP contribution in [0.3, 0.4) is 0 Å². The fraction of sp³-hybridized carbons (Fsp3) is 0.385. The second-order valence-corrected chi connectivity index (χ2v) is 23.3. The van der Waals surface area contributed by atoms with Gasteiger partial charge in [0.05, 0.1) is 19.1 Å². The van der Waals surface area contributed by atoms with Crippen LogP contribution in [0.25, 0.3) is 21.8 Å². The van der Waals surface area contributed by atoms with Gasteiger partial charge >= 0.3 is 0 Å². The third kappa shape index (κ3) is 22.7. The van der Waals surface area contributed by atoms with Gasteiger partial charge in [0.15, 0.2) is 5.96 Å². The van der Waals surface area contributed by atoms with Crippen molar-refractivity contribution < 1.29 is 63.0 Å². The summed E-state index contributed by atoms with van der Waals surface area (Å²) in [5.41, 5.74) is 25.2. The summed E-state index contributed by atoms with van der Waals surface area (Å²) in [7, 11) is 1.48. The molecule has 0 spiro atoms. The van der Waals surface area contributed by atoms with Crippen molar-refractivity contribution in [1.29, 1.82) is 0 Å². The minimum absolute atomic E-state index is 0.00611. The van der Waals surface area contributed by atoms with Crippen LogP contribution >= 0.6 is 0 Å². The number of aliphatic imine (C=N–C) groups is 1. The van der Waals surface area contributed by atoms with Crippen molar-refractivity contribution in [3.63, 3.8) is 0 Å². The van der Waals surface area contributed by atoms with Gasteiger partial charge in [-0.05, 0) is 78.6 Å². The molecule has 2 heterocycles. The number of aromatic amines is 2. The largest absolute Gasteiger partial charge is 0.508 e. The van der Waals surface area contributed by atoms with Crippen LogP contribution in [0.1, 0.15) is 75.6 Å². The number of phenols is 1. The minimum Gasteiger partial charge on any atom is -0.508 e. The van der Waals surface area contributed by atoms with Gasteiger partial charge in [0, 0.05) is 80.4 Å². The third-order valence-electron chi connectivity index (χ3n) is 15.3. The maximum absolute atomic E-state index is 14.5. The summed E-state index contributed by atoms with van der Waals surface area (Å²) in [5.74, 6) is -9.97. The van der Waals surface area contributed by atoms with Gasteiger partial charge in [0.25, 0.3) is 11.8 Å². The number of aliphatic hydroxyl groups is 1. The number of hydrogen-bond acceptors (Lipinski definition) is 15. The molecule has 0 saturated heterocycles. The topological polar surface area (TPSA) is 483 Å². The fourth-order valence-electron chi connectivity index (χ4n) is 10.4. The normalized spacial score (nSPS) is 14.2. The molecule has 2 aromatic heterocycles. The Morgan fingerprint density at radius 3 is 1.48 bits per heavy atom. The summed E-state index contributed by atoms with van der Waals surface area (Å²) >= 11 is 0. The number of carbonyl (C=O) groups excluding carboxylic acids is 11. The molecule has 0 aliphatic rings. The highest BCUT2D eigenvalue weighted by molar-refractivity contribution is 6.00. The molecule has 11 amide bonds. The molecule has 0 bridgehead atoms. The number of benzene rings is 4. The fourth-order valence-corrected chi connectivity index (χ4v) is 10.4. The highest BCUT2D eigenvalue weighted by atomic mass is 16.3. The number of hydrazine groups is 1. The molecule has 6 aromatic rings. The highest BCUT2D eigenvalue weighted by Gasteiger charge is 2.37. The van der Waals surface area contributed by atoms with E-state index in [9.17, 15) is 63.0 Å². The molecule has 9 atom stereocenters. The molecule has 0 aliphatic heterocycles. The highest BCUT2D eigenvalue weighted by Crippen LogP contribution is 2.22. The molecule has 4 aromatic carbocycles. The van der Waals surface area contributed by atoms with Crippen molar-refractivity contribution in [3.05, 3.63) is 138 Å². The molecule has 508 valence electrons. The summed E-state index contributed by atoms with van der Waals surface area (Å²) in [6.07, 6.45) is 0.389. The Kier molecular flexibility index (Phi) is 27.6. The maximum atomic E-state index is 14.5. The van der Waals surface area contributed by atoms with Crippen LogP contribution in [0.2, 0.25) is 0 Å². The van der Waals surface area contributed by atoms with Crippen molar-refractivity contribution in [3.8, 4) is 5.75 Å². The number of guanidine groups is 1. The van der Waals surface area contributed by atoms with Crippen molar-refractivity contribution in [2.75, 3.05) is 20.1 Å². The zero-order valence-electron chi connectivity index (χ0n) is 53.4. The molecule has 0 aliphatic carbocycles. The summed E-state index contributed by atoms with van der Waals surface area (Å²) in [4.78, 5) is 163. The Morgan fingerprint density at radius 1 is 0.516 bits per heavy atom. The number of amides is 11. The van der Waals surface area contributed by atoms with Gasteiger partial charge in [-0.3, -0.25) is 68.6 Å². The van der Waals surface area contributed by atoms with Crippen LogP contribution in [0.4, 0.5) is 0 Å². The van der Waals surface area contributed by atoms with Crippen molar-refractivity contribution >= 4 is 92.7 Å². The Labute approximate surface area is 547 Å². The van der Waals surface area contributed by atoms with E-state index in [4.69, 9.17) is 17.2 Å².